The molecule has 0 radical (unpaired) electrons. The van der Waals surface area contributed by atoms with Gasteiger partial charge in [-0.25, -0.2) is 12.8 Å². The Morgan fingerprint density at radius 1 is 1.31 bits per heavy atom. The van der Waals surface area contributed by atoms with Crippen molar-refractivity contribution >= 4 is 15.9 Å². The van der Waals surface area contributed by atoms with E-state index >= 15 is 0 Å². The standard InChI is InChI=1S/C19H18FN5O3S/c1-2-3-7-17-14-12-24(19(26)16-9-21-23-22-16)10-13(14)11-25(17)29(27,28)18-8-5-4-6-15(18)20/h1,3-9,13-14,17H,10-12H2,(H,21,22,23)/b7-3+/t13-,14-,17?/m0/s1. The third-order valence-corrected chi connectivity index (χ3v) is 7.31. The average molecular weight is 415 g/mol. The number of amides is 1. The number of benzene rings is 1. The molecule has 8 nitrogen and oxygen atoms in total. The first kappa shape index (κ1) is 19.3. The summed E-state index contributed by atoms with van der Waals surface area (Å²) in [6, 6.07) is 4.72. The van der Waals surface area contributed by atoms with E-state index in [0.717, 1.165) is 6.07 Å². The van der Waals surface area contributed by atoms with Crippen molar-refractivity contribution in [2.24, 2.45) is 11.8 Å². The van der Waals surface area contributed by atoms with E-state index in [9.17, 15) is 17.6 Å². The second-order valence-corrected chi connectivity index (χ2v) is 8.87. The van der Waals surface area contributed by atoms with Crippen LogP contribution < -0.4 is 0 Å². The lowest BCUT2D eigenvalue weighted by molar-refractivity contribution is 0.0770. The number of rotatable bonds is 4. The number of carbonyl (C=O) groups is 1. The van der Waals surface area contributed by atoms with Crippen LogP contribution >= 0.6 is 0 Å². The molecule has 1 aromatic carbocycles. The first-order valence-electron chi connectivity index (χ1n) is 8.97. The third kappa shape index (κ3) is 3.32. The molecule has 10 heteroatoms. The first-order chi connectivity index (χ1) is 13.9. The number of nitrogens with one attached hydrogen (secondary N) is 1. The molecule has 1 N–H and O–H groups in total. The number of H-pyrrole nitrogens is 1. The molecule has 1 amide bonds. The number of fused-ring (bicyclic) bond motifs is 1. The Labute approximate surface area is 167 Å². The zero-order valence-electron chi connectivity index (χ0n) is 15.3. The summed E-state index contributed by atoms with van der Waals surface area (Å²) in [7, 11) is -4.06. The highest BCUT2D eigenvalue weighted by Gasteiger charge is 2.51. The van der Waals surface area contributed by atoms with Crippen LogP contribution in [0.15, 0.2) is 47.5 Å². The maximum absolute atomic E-state index is 14.2. The molecule has 0 saturated carbocycles. The summed E-state index contributed by atoms with van der Waals surface area (Å²) in [6.07, 6.45) is 9.75. The van der Waals surface area contributed by atoms with E-state index in [1.807, 2.05) is 0 Å². The summed E-state index contributed by atoms with van der Waals surface area (Å²) in [6.45, 7) is 0.892. The van der Waals surface area contributed by atoms with Crippen LogP contribution in [-0.4, -0.2) is 64.6 Å². The lowest BCUT2D eigenvalue weighted by Gasteiger charge is -2.26. The van der Waals surface area contributed by atoms with Crippen molar-refractivity contribution in [1.29, 1.82) is 0 Å². The number of hydrogen-bond donors (Lipinski definition) is 1. The van der Waals surface area contributed by atoms with Gasteiger partial charge < -0.3 is 4.90 Å². The van der Waals surface area contributed by atoms with Crippen molar-refractivity contribution in [3.05, 3.63) is 54.1 Å². The Bertz CT molecular complexity index is 1090. The Hall–Kier alpha value is -3.03. The molecule has 4 rings (SSSR count). The lowest BCUT2D eigenvalue weighted by Crippen LogP contribution is -2.41. The van der Waals surface area contributed by atoms with Crippen molar-refractivity contribution in [2.75, 3.05) is 19.6 Å². The van der Waals surface area contributed by atoms with Gasteiger partial charge in [-0.15, -0.1) is 6.42 Å². The topological polar surface area (TPSA) is 99.3 Å². The maximum atomic E-state index is 14.2. The average Bonchev–Trinajstić information content (AvgIpc) is 3.42. The molecule has 0 aliphatic carbocycles. The van der Waals surface area contributed by atoms with Crippen molar-refractivity contribution in [1.82, 2.24) is 24.6 Å². The highest BCUT2D eigenvalue weighted by molar-refractivity contribution is 7.89. The van der Waals surface area contributed by atoms with Crippen LogP contribution in [0.25, 0.3) is 0 Å². The smallest absolute Gasteiger partial charge is 0.276 e. The molecular weight excluding hydrogens is 397 g/mol. The quantitative estimate of drug-likeness (QED) is 0.748. The monoisotopic (exact) mass is 415 g/mol. The van der Waals surface area contributed by atoms with Crippen molar-refractivity contribution in [2.45, 2.75) is 10.9 Å². The van der Waals surface area contributed by atoms with Gasteiger partial charge in [-0.1, -0.05) is 24.1 Å². The second-order valence-electron chi connectivity index (χ2n) is 7.01. The molecule has 0 bridgehead atoms. The summed E-state index contributed by atoms with van der Waals surface area (Å²) in [5.41, 5.74) is 0.205. The fourth-order valence-electron chi connectivity index (χ4n) is 4.11. The van der Waals surface area contributed by atoms with Gasteiger partial charge in [0.05, 0.1) is 6.20 Å². The molecule has 2 saturated heterocycles. The Kier molecular flexibility index (Phi) is 4.94. The van der Waals surface area contributed by atoms with Crippen LogP contribution in [0.5, 0.6) is 0 Å². The molecule has 1 unspecified atom stereocenters. The van der Waals surface area contributed by atoms with E-state index in [4.69, 9.17) is 6.42 Å². The van der Waals surface area contributed by atoms with Gasteiger partial charge in [0.15, 0.2) is 5.69 Å². The molecule has 2 aromatic rings. The van der Waals surface area contributed by atoms with Crippen molar-refractivity contribution < 1.29 is 17.6 Å². The largest absolute Gasteiger partial charge is 0.336 e. The number of aromatic nitrogens is 3. The molecule has 1 aromatic heterocycles. The second kappa shape index (κ2) is 7.42. The third-order valence-electron chi connectivity index (χ3n) is 5.41. The molecular formula is C19H18FN5O3S. The van der Waals surface area contributed by atoms with Gasteiger partial charge in [-0.05, 0) is 24.1 Å². The molecule has 29 heavy (non-hydrogen) atoms. The van der Waals surface area contributed by atoms with Gasteiger partial charge in [-0.3, -0.25) is 4.79 Å². The summed E-state index contributed by atoms with van der Waals surface area (Å²) in [5, 5.41) is 9.87. The number of carbonyl (C=O) groups excluding carboxylic acids is 1. The van der Waals surface area contributed by atoms with E-state index in [1.54, 1.807) is 11.0 Å². The van der Waals surface area contributed by atoms with E-state index < -0.39 is 21.9 Å². The summed E-state index contributed by atoms with van der Waals surface area (Å²) < 4.78 is 41.8. The van der Waals surface area contributed by atoms with E-state index in [-0.39, 0.29) is 34.9 Å². The Morgan fingerprint density at radius 2 is 2.10 bits per heavy atom. The molecule has 3 heterocycles. The number of hydrogen-bond acceptors (Lipinski definition) is 5. The van der Waals surface area contributed by atoms with Crippen LogP contribution in [0.3, 0.4) is 0 Å². The van der Waals surface area contributed by atoms with Crippen molar-refractivity contribution in [3.63, 3.8) is 0 Å². The van der Waals surface area contributed by atoms with E-state index in [1.165, 1.54) is 34.8 Å². The van der Waals surface area contributed by atoms with Gasteiger partial charge in [0.2, 0.25) is 10.0 Å². The van der Waals surface area contributed by atoms with Gasteiger partial charge in [0.25, 0.3) is 5.91 Å². The highest BCUT2D eigenvalue weighted by atomic mass is 32.2. The predicted molar refractivity (Wildman–Crippen MR) is 101 cm³/mol. The van der Waals surface area contributed by atoms with Gasteiger partial charge in [-0.2, -0.15) is 19.7 Å². The van der Waals surface area contributed by atoms with Gasteiger partial charge >= 0.3 is 0 Å². The normalized spacial score (nSPS) is 24.7. The minimum atomic E-state index is -4.06. The fraction of sp³-hybridized carbons (Fsp3) is 0.316. The first-order valence-corrected chi connectivity index (χ1v) is 10.4. The van der Waals surface area contributed by atoms with Crippen molar-refractivity contribution in [3.8, 4) is 12.3 Å². The van der Waals surface area contributed by atoms with E-state index in [2.05, 4.69) is 21.3 Å². The minimum Gasteiger partial charge on any atom is -0.336 e. The summed E-state index contributed by atoms with van der Waals surface area (Å²) >= 11 is 0. The van der Waals surface area contributed by atoms with Crippen LogP contribution in [-0.2, 0) is 10.0 Å². The SMILES string of the molecule is C#C/C=C/C1[C@H]2CN(C(=O)c3cn[nH]n3)C[C@H]2CN1S(=O)(=O)c1ccccc1F. The number of allylic oxidation sites excluding steroid dienone is 1. The predicted octanol–water partition coefficient (Wildman–Crippen LogP) is 0.894. The van der Waals surface area contributed by atoms with Crippen LogP contribution in [0.2, 0.25) is 0 Å². The molecule has 0 spiro atoms. The van der Waals surface area contributed by atoms with Crippen LogP contribution in [0.4, 0.5) is 4.39 Å². The summed E-state index contributed by atoms with van der Waals surface area (Å²) in [4.78, 5) is 13.8. The Morgan fingerprint density at radius 3 is 2.79 bits per heavy atom. The minimum absolute atomic E-state index is 0.0974. The number of likely N-dealkylation sites (tertiary alicyclic amines) is 1. The Balaban J connectivity index is 1.63. The van der Waals surface area contributed by atoms with Gasteiger partial charge in [0, 0.05) is 31.6 Å². The molecule has 2 fully saturated rings. The van der Waals surface area contributed by atoms with E-state index in [0.29, 0.717) is 13.1 Å². The number of halogens is 1. The lowest BCUT2D eigenvalue weighted by atomic mass is 9.94. The maximum Gasteiger partial charge on any atom is 0.276 e. The van der Waals surface area contributed by atoms with Crippen LogP contribution in [0, 0.1) is 30.0 Å². The van der Waals surface area contributed by atoms with Crippen LogP contribution in [0.1, 0.15) is 10.5 Å². The fourth-order valence-corrected chi connectivity index (χ4v) is 5.86. The molecule has 150 valence electrons. The van der Waals surface area contributed by atoms with Gasteiger partial charge in [0.1, 0.15) is 10.7 Å². The zero-order valence-corrected chi connectivity index (χ0v) is 16.1. The zero-order chi connectivity index (χ0) is 20.6. The molecule has 3 atom stereocenters. The summed E-state index contributed by atoms with van der Waals surface area (Å²) in [5.74, 6) is 1.06. The number of sulfonamides is 1. The molecule has 2 aliphatic heterocycles. The molecule has 2 aliphatic rings. The number of nitrogens with zero attached hydrogens (tertiary/aromatic N) is 4. The number of terminal acetylenes is 1. The highest BCUT2D eigenvalue weighted by Crippen LogP contribution is 2.40. The number of aromatic amines is 1.